The van der Waals surface area contributed by atoms with Gasteiger partial charge in [0.1, 0.15) is 0 Å². The van der Waals surface area contributed by atoms with Crippen LogP contribution in [0, 0.1) is 0 Å². The van der Waals surface area contributed by atoms with E-state index < -0.39 is 0 Å². The molecule has 2 heterocycles. The van der Waals surface area contributed by atoms with Gasteiger partial charge in [0.05, 0.1) is 6.10 Å². The molecule has 3 rings (SSSR count). The van der Waals surface area contributed by atoms with Crippen LogP contribution >= 0.6 is 0 Å². The monoisotopic (exact) mass is 215 g/mol. The molecule has 3 nitrogen and oxygen atoms in total. The lowest BCUT2D eigenvalue weighted by Gasteiger charge is -2.04. The van der Waals surface area contributed by atoms with Crippen LogP contribution in [0.2, 0.25) is 0 Å². The third-order valence-corrected chi connectivity index (χ3v) is 3.03. The van der Waals surface area contributed by atoms with Crippen molar-refractivity contribution in [2.24, 2.45) is 0 Å². The van der Waals surface area contributed by atoms with Crippen molar-refractivity contribution in [3.8, 4) is 0 Å². The molecular formula is C13H13NO2. The summed E-state index contributed by atoms with van der Waals surface area (Å²) in [4.78, 5) is 11.8. The van der Waals surface area contributed by atoms with Gasteiger partial charge in [0.15, 0.2) is 0 Å². The average molecular weight is 215 g/mol. The Morgan fingerprint density at radius 1 is 1.38 bits per heavy atom. The molecule has 0 aromatic heterocycles. The zero-order valence-electron chi connectivity index (χ0n) is 8.90. The molecular weight excluding hydrogens is 202 g/mol. The molecule has 0 bridgehead atoms. The average Bonchev–Trinajstić information content (AvgIpc) is 2.89. The number of rotatable bonds is 1. The summed E-state index contributed by atoms with van der Waals surface area (Å²) in [6.45, 7) is 0.803. The van der Waals surface area contributed by atoms with E-state index in [0.29, 0.717) is 0 Å². The van der Waals surface area contributed by atoms with Crippen LogP contribution in [0.15, 0.2) is 30.3 Å². The van der Waals surface area contributed by atoms with Crippen LogP contribution in [0.1, 0.15) is 18.4 Å². The summed E-state index contributed by atoms with van der Waals surface area (Å²) >= 11 is 0. The van der Waals surface area contributed by atoms with Crippen LogP contribution in [0.25, 0.3) is 5.57 Å². The summed E-state index contributed by atoms with van der Waals surface area (Å²) < 4.78 is 5.52. The number of fused-ring (bicyclic) bond motifs is 1. The van der Waals surface area contributed by atoms with Crippen LogP contribution in [-0.4, -0.2) is 18.6 Å². The van der Waals surface area contributed by atoms with E-state index in [1.807, 2.05) is 30.3 Å². The fourth-order valence-electron chi connectivity index (χ4n) is 2.22. The fraction of sp³-hybridized carbons (Fsp3) is 0.308. The van der Waals surface area contributed by atoms with Gasteiger partial charge in [0.2, 0.25) is 0 Å². The van der Waals surface area contributed by atoms with Crippen LogP contribution in [0.3, 0.4) is 0 Å². The molecule has 16 heavy (non-hydrogen) atoms. The minimum atomic E-state index is -0.0169. The minimum absolute atomic E-state index is 0.0169. The first kappa shape index (κ1) is 9.60. The number of hydrogen-bond acceptors (Lipinski definition) is 2. The van der Waals surface area contributed by atoms with Gasteiger partial charge >= 0.3 is 0 Å². The number of hydrogen-bond donors (Lipinski definition) is 1. The summed E-state index contributed by atoms with van der Waals surface area (Å²) in [5, 5.41) is 2.86. The van der Waals surface area contributed by atoms with E-state index in [1.165, 1.54) is 0 Å². The molecule has 82 valence electrons. The van der Waals surface area contributed by atoms with Gasteiger partial charge in [-0.2, -0.15) is 0 Å². The molecule has 1 amide bonds. The zero-order chi connectivity index (χ0) is 11.0. The SMILES string of the molecule is O=C1Nc2ccccc2/C1=C\C1CCCO1. The summed E-state index contributed by atoms with van der Waals surface area (Å²) in [7, 11) is 0. The number of anilines is 1. The Bertz CT molecular complexity index is 459. The minimum Gasteiger partial charge on any atom is -0.374 e. The van der Waals surface area contributed by atoms with Gasteiger partial charge in [0, 0.05) is 23.4 Å². The number of carbonyl (C=O) groups excluding carboxylic acids is 1. The number of nitrogens with one attached hydrogen (secondary N) is 1. The highest BCUT2D eigenvalue weighted by Gasteiger charge is 2.25. The number of benzene rings is 1. The second kappa shape index (κ2) is 3.76. The normalized spacial score (nSPS) is 25.9. The third-order valence-electron chi connectivity index (χ3n) is 3.03. The van der Waals surface area contributed by atoms with Gasteiger partial charge < -0.3 is 10.1 Å². The van der Waals surface area contributed by atoms with Crippen molar-refractivity contribution in [3.63, 3.8) is 0 Å². The second-order valence-electron chi connectivity index (χ2n) is 4.13. The van der Waals surface area contributed by atoms with Crippen molar-refractivity contribution in [3.05, 3.63) is 35.9 Å². The molecule has 1 aromatic rings. The third kappa shape index (κ3) is 1.53. The van der Waals surface area contributed by atoms with E-state index in [9.17, 15) is 4.79 Å². The summed E-state index contributed by atoms with van der Waals surface area (Å²) in [5.74, 6) is -0.0169. The molecule has 1 fully saturated rings. The van der Waals surface area contributed by atoms with E-state index in [2.05, 4.69) is 5.32 Å². The van der Waals surface area contributed by atoms with Crippen LogP contribution in [0.4, 0.5) is 5.69 Å². The Labute approximate surface area is 94.1 Å². The van der Waals surface area contributed by atoms with E-state index in [4.69, 9.17) is 4.74 Å². The molecule has 1 aromatic carbocycles. The van der Waals surface area contributed by atoms with Gasteiger partial charge in [-0.3, -0.25) is 4.79 Å². The van der Waals surface area contributed by atoms with Crippen molar-refractivity contribution in [1.82, 2.24) is 0 Å². The highest BCUT2D eigenvalue weighted by molar-refractivity contribution is 6.31. The van der Waals surface area contributed by atoms with Crippen molar-refractivity contribution in [1.29, 1.82) is 0 Å². The van der Waals surface area contributed by atoms with Gasteiger partial charge in [-0.15, -0.1) is 0 Å². The lowest BCUT2D eigenvalue weighted by molar-refractivity contribution is -0.110. The van der Waals surface area contributed by atoms with Crippen LogP contribution < -0.4 is 5.32 Å². The molecule has 2 aliphatic rings. The maximum atomic E-state index is 11.8. The number of amides is 1. The molecule has 3 heteroatoms. The predicted octanol–water partition coefficient (Wildman–Crippen LogP) is 2.20. The van der Waals surface area contributed by atoms with Gasteiger partial charge in [-0.05, 0) is 25.0 Å². The molecule has 0 aliphatic carbocycles. The van der Waals surface area contributed by atoms with Crippen LogP contribution in [-0.2, 0) is 9.53 Å². The molecule has 0 spiro atoms. The molecule has 0 saturated carbocycles. The van der Waals surface area contributed by atoms with E-state index >= 15 is 0 Å². The Hall–Kier alpha value is -1.61. The zero-order valence-corrected chi connectivity index (χ0v) is 8.90. The van der Waals surface area contributed by atoms with Gasteiger partial charge in [-0.1, -0.05) is 18.2 Å². The first-order chi connectivity index (χ1) is 7.84. The molecule has 0 radical (unpaired) electrons. The predicted molar refractivity (Wildman–Crippen MR) is 62.0 cm³/mol. The largest absolute Gasteiger partial charge is 0.374 e. The Kier molecular flexibility index (Phi) is 2.26. The molecule has 2 aliphatic heterocycles. The quantitative estimate of drug-likeness (QED) is 0.729. The van der Waals surface area contributed by atoms with E-state index in [1.54, 1.807) is 0 Å². The summed E-state index contributed by atoms with van der Waals surface area (Å²) in [6, 6.07) is 7.76. The first-order valence-electron chi connectivity index (χ1n) is 5.59. The Balaban J connectivity index is 1.98. The van der Waals surface area contributed by atoms with Crippen molar-refractivity contribution in [2.45, 2.75) is 18.9 Å². The van der Waals surface area contributed by atoms with Gasteiger partial charge in [-0.25, -0.2) is 0 Å². The number of carbonyl (C=O) groups is 1. The standard InChI is InChI=1S/C13H13NO2/c15-13-11(8-9-4-3-7-16-9)10-5-1-2-6-12(10)14-13/h1-2,5-6,8-9H,3-4,7H2,(H,14,15)/b11-8+. The fourth-order valence-corrected chi connectivity index (χ4v) is 2.22. The van der Waals surface area contributed by atoms with Crippen LogP contribution in [0.5, 0.6) is 0 Å². The smallest absolute Gasteiger partial charge is 0.256 e. The molecule has 1 unspecified atom stereocenters. The second-order valence-corrected chi connectivity index (χ2v) is 4.13. The van der Waals surface area contributed by atoms with Crippen molar-refractivity contribution in [2.75, 3.05) is 11.9 Å². The van der Waals surface area contributed by atoms with E-state index in [-0.39, 0.29) is 12.0 Å². The molecule has 1 atom stereocenters. The van der Waals surface area contributed by atoms with Gasteiger partial charge in [0.25, 0.3) is 5.91 Å². The molecule has 1 N–H and O–H groups in total. The summed E-state index contributed by atoms with van der Waals surface area (Å²) in [6.07, 6.45) is 4.15. The highest BCUT2D eigenvalue weighted by atomic mass is 16.5. The lowest BCUT2D eigenvalue weighted by atomic mass is 10.0. The number of para-hydroxylation sites is 1. The van der Waals surface area contributed by atoms with Crippen molar-refractivity contribution < 1.29 is 9.53 Å². The first-order valence-corrected chi connectivity index (χ1v) is 5.59. The summed E-state index contributed by atoms with van der Waals surface area (Å²) in [5.41, 5.74) is 2.64. The number of ether oxygens (including phenoxy) is 1. The molecule has 1 saturated heterocycles. The van der Waals surface area contributed by atoms with E-state index in [0.717, 1.165) is 36.3 Å². The maximum absolute atomic E-state index is 11.8. The van der Waals surface area contributed by atoms with Crippen molar-refractivity contribution >= 4 is 17.2 Å². The highest BCUT2D eigenvalue weighted by Crippen LogP contribution is 2.32. The Morgan fingerprint density at radius 2 is 2.25 bits per heavy atom. The lowest BCUT2D eigenvalue weighted by Crippen LogP contribution is -2.07. The maximum Gasteiger partial charge on any atom is 0.256 e. The Morgan fingerprint density at radius 3 is 3.06 bits per heavy atom. The topological polar surface area (TPSA) is 38.3 Å².